The third-order valence-corrected chi connectivity index (χ3v) is 1.81. The molecule has 2 atom stereocenters. The Hall–Kier alpha value is -0.150. The Morgan fingerprint density at radius 2 is 2.50 bits per heavy atom. The predicted molar refractivity (Wildman–Crippen MR) is 37.5 cm³/mol. The second kappa shape index (κ2) is 3.88. The second-order valence-corrected chi connectivity index (χ2v) is 2.64. The zero-order valence-corrected chi connectivity index (χ0v) is 6.05. The third kappa shape index (κ3) is 1.92. The van der Waals surface area contributed by atoms with Crippen LogP contribution < -0.4 is 5.73 Å². The summed E-state index contributed by atoms with van der Waals surface area (Å²) >= 11 is 0. The van der Waals surface area contributed by atoms with Gasteiger partial charge in [-0.15, -0.1) is 0 Å². The van der Waals surface area contributed by atoms with Crippen molar-refractivity contribution in [3.05, 3.63) is 0 Å². The topological polar surface area (TPSA) is 35.2 Å². The molecule has 10 heavy (non-hydrogen) atoms. The van der Waals surface area contributed by atoms with Crippen LogP contribution in [0.25, 0.3) is 0 Å². The number of hydrogen-bond acceptors (Lipinski definition) is 2. The Morgan fingerprint density at radius 3 is 3.00 bits per heavy atom. The van der Waals surface area contributed by atoms with Gasteiger partial charge in [0.25, 0.3) is 0 Å². The predicted octanol–water partition coefficient (Wildman–Crippen LogP) is 0.852. The molecule has 0 aromatic heterocycles. The quantitative estimate of drug-likeness (QED) is 0.642. The number of ether oxygens (including phenoxy) is 1. The van der Waals surface area contributed by atoms with Gasteiger partial charge in [0.2, 0.25) is 0 Å². The van der Waals surface area contributed by atoms with E-state index in [1.165, 1.54) is 0 Å². The highest BCUT2D eigenvalue weighted by Crippen LogP contribution is 2.19. The summed E-state index contributed by atoms with van der Waals surface area (Å²) in [6.45, 7) is 1.14. The van der Waals surface area contributed by atoms with E-state index in [-0.39, 0.29) is 6.10 Å². The largest absolute Gasteiger partial charge is 0.375 e. The van der Waals surface area contributed by atoms with Crippen molar-refractivity contribution in [2.24, 2.45) is 5.73 Å². The fraction of sp³-hybridized carbons (Fsp3) is 1.00. The Kier molecular flexibility index (Phi) is 3.09. The third-order valence-electron chi connectivity index (χ3n) is 1.81. The lowest BCUT2D eigenvalue weighted by molar-refractivity contribution is 0.0408. The van der Waals surface area contributed by atoms with Crippen molar-refractivity contribution in [3.8, 4) is 0 Å². The summed E-state index contributed by atoms with van der Waals surface area (Å²) in [7, 11) is 0. The molecule has 0 radical (unpaired) electrons. The van der Waals surface area contributed by atoms with Gasteiger partial charge >= 0.3 is 0 Å². The van der Waals surface area contributed by atoms with Gasteiger partial charge in [0.05, 0.1) is 6.10 Å². The Balaban J connectivity index is 2.18. The van der Waals surface area contributed by atoms with E-state index in [1.807, 2.05) is 0 Å². The van der Waals surface area contributed by atoms with Crippen LogP contribution in [0.15, 0.2) is 0 Å². The van der Waals surface area contributed by atoms with Gasteiger partial charge in [0.15, 0.2) is 0 Å². The first kappa shape index (κ1) is 7.95. The standard InChI is InChI=1S/C7H14FNO/c8-6(3-4-9)7-2-1-5-10-7/h6-7H,1-5,9H2. The minimum Gasteiger partial charge on any atom is -0.375 e. The van der Waals surface area contributed by atoms with E-state index >= 15 is 0 Å². The second-order valence-electron chi connectivity index (χ2n) is 2.64. The molecule has 1 fully saturated rings. The molecule has 0 amide bonds. The van der Waals surface area contributed by atoms with Crippen LogP contribution in [0.2, 0.25) is 0 Å². The van der Waals surface area contributed by atoms with Crippen LogP contribution in [0.4, 0.5) is 4.39 Å². The summed E-state index contributed by atoms with van der Waals surface area (Å²) in [6, 6.07) is 0. The molecule has 1 saturated heterocycles. The van der Waals surface area contributed by atoms with E-state index in [0.717, 1.165) is 19.4 Å². The van der Waals surface area contributed by atoms with Crippen LogP contribution in [0.5, 0.6) is 0 Å². The summed E-state index contributed by atoms with van der Waals surface area (Å²) in [6.07, 6.45) is 1.29. The molecule has 1 aliphatic heterocycles. The van der Waals surface area contributed by atoms with Crippen molar-refractivity contribution in [3.63, 3.8) is 0 Å². The molecule has 1 rings (SSSR count). The van der Waals surface area contributed by atoms with Crippen LogP contribution in [-0.2, 0) is 4.74 Å². The van der Waals surface area contributed by atoms with E-state index in [9.17, 15) is 4.39 Å². The number of halogens is 1. The first-order chi connectivity index (χ1) is 4.84. The van der Waals surface area contributed by atoms with Crippen molar-refractivity contribution in [1.82, 2.24) is 0 Å². The molecule has 2 nitrogen and oxygen atoms in total. The van der Waals surface area contributed by atoms with E-state index in [0.29, 0.717) is 13.0 Å². The average Bonchev–Trinajstić information content (AvgIpc) is 2.38. The number of nitrogens with two attached hydrogens (primary N) is 1. The lowest BCUT2D eigenvalue weighted by atomic mass is 10.1. The first-order valence-electron chi connectivity index (χ1n) is 3.80. The molecular weight excluding hydrogens is 133 g/mol. The smallest absolute Gasteiger partial charge is 0.127 e. The average molecular weight is 147 g/mol. The molecule has 0 aliphatic carbocycles. The fourth-order valence-electron chi connectivity index (χ4n) is 1.23. The molecule has 2 N–H and O–H groups in total. The van der Waals surface area contributed by atoms with Crippen LogP contribution in [0, 0.1) is 0 Å². The molecule has 0 aromatic rings. The molecule has 0 bridgehead atoms. The van der Waals surface area contributed by atoms with Gasteiger partial charge < -0.3 is 10.5 Å². The molecule has 0 spiro atoms. The maximum Gasteiger partial charge on any atom is 0.127 e. The van der Waals surface area contributed by atoms with Gasteiger partial charge in [0.1, 0.15) is 6.17 Å². The van der Waals surface area contributed by atoms with E-state index < -0.39 is 6.17 Å². The molecule has 2 unspecified atom stereocenters. The minimum absolute atomic E-state index is 0.163. The van der Waals surface area contributed by atoms with Crippen LogP contribution in [0.1, 0.15) is 19.3 Å². The van der Waals surface area contributed by atoms with Gasteiger partial charge in [-0.3, -0.25) is 0 Å². The van der Waals surface area contributed by atoms with Crippen LogP contribution in [-0.4, -0.2) is 25.4 Å². The summed E-state index contributed by atoms with van der Waals surface area (Å²) in [5.74, 6) is 0. The van der Waals surface area contributed by atoms with Crippen LogP contribution in [0.3, 0.4) is 0 Å². The van der Waals surface area contributed by atoms with Gasteiger partial charge in [-0.05, 0) is 25.8 Å². The molecular formula is C7H14FNO. The van der Waals surface area contributed by atoms with Crippen molar-refractivity contribution >= 4 is 0 Å². The van der Waals surface area contributed by atoms with Gasteiger partial charge in [-0.25, -0.2) is 4.39 Å². The van der Waals surface area contributed by atoms with Crippen molar-refractivity contribution < 1.29 is 9.13 Å². The van der Waals surface area contributed by atoms with E-state index in [2.05, 4.69) is 0 Å². The van der Waals surface area contributed by atoms with Gasteiger partial charge in [0, 0.05) is 6.61 Å². The van der Waals surface area contributed by atoms with Gasteiger partial charge in [-0.2, -0.15) is 0 Å². The summed E-state index contributed by atoms with van der Waals surface area (Å²) in [5.41, 5.74) is 5.20. The molecule has 60 valence electrons. The Bertz CT molecular complexity index is 93.6. The monoisotopic (exact) mass is 147 g/mol. The fourth-order valence-corrected chi connectivity index (χ4v) is 1.23. The van der Waals surface area contributed by atoms with E-state index in [4.69, 9.17) is 10.5 Å². The Labute approximate surface area is 60.5 Å². The summed E-state index contributed by atoms with van der Waals surface area (Å²) < 4.78 is 18.0. The molecule has 1 aliphatic rings. The van der Waals surface area contributed by atoms with Crippen molar-refractivity contribution in [2.75, 3.05) is 13.2 Å². The van der Waals surface area contributed by atoms with Crippen molar-refractivity contribution in [2.45, 2.75) is 31.5 Å². The maximum absolute atomic E-state index is 12.9. The number of hydrogen-bond donors (Lipinski definition) is 1. The molecule has 1 heterocycles. The lowest BCUT2D eigenvalue weighted by Crippen LogP contribution is -2.23. The molecule has 0 aromatic carbocycles. The highest BCUT2D eigenvalue weighted by Gasteiger charge is 2.24. The normalized spacial score (nSPS) is 28.8. The SMILES string of the molecule is NCCC(F)C1CCCO1. The summed E-state index contributed by atoms with van der Waals surface area (Å²) in [5, 5.41) is 0. The lowest BCUT2D eigenvalue weighted by Gasteiger charge is -2.13. The minimum atomic E-state index is -0.840. The number of alkyl halides is 1. The summed E-state index contributed by atoms with van der Waals surface area (Å²) in [4.78, 5) is 0. The van der Waals surface area contributed by atoms with Gasteiger partial charge in [-0.1, -0.05) is 0 Å². The van der Waals surface area contributed by atoms with Crippen LogP contribution >= 0.6 is 0 Å². The molecule has 0 saturated carbocycles. The zero-order chi connectivity index (χ0) is 7.40. The first-order valence-corrected chi connectivity index (χ1v) is 3.80. The van der Waals surface area contributed by atoms with Crippen molar-refractivity contribution in [1.29, 1.82) is 0 Å². The molecule has 3 heteroatoms. The maximum atomic E-state index is 12.9. The Morgan fingerprint density at radius 1 is 1.70 bits per heavy atom. The highest BCUT2D eigenvalue weighted by atomic mass is 19.1. The highest BCUT2D eigenvalue weighted by molar-refractivity contribution is 4.73. The zero-order valence-electron chi connectivity index (χ0n) is 6.05. The number of rotatable bonds is 3. The van der Waals surface area contributed by atoms with E-state index in [1.54, 1.807) is 0 Å².